The molecule has 1 fully saturated rings. The highest BCUT2D eigenvalue weighted by Gasteiger charge is 2.32. The van der Waals surface area contributed by atoms with Gasteiger partial charge in [-0.2, -0.15) is 0 Å². The number of amides is 2. The third-order valence-electron chi connectivity index (χ3n) is 4.67. The summed E-state index contributed by atoms with van der Waals surface area (Å²) in [5.74, 6) is 0.104. The smallest absolute Gasteiger partial charge is 0.407 e. The van der Waals surface area contributed by atoms with Crippen LogP contribution in [0.3, 0.4) is 0 Å². The van der Waals surface area contributed by atoms with Crippen LogP contribution in [0, 0.1) is 5.92 Å². The lowest BCUT2D eigenvalue weighted by molar-refractivity contribution is -0.136. The normalized spacial score (nSPS) is 15.4. The molecule has 2 rings (SSSR count). The molecule has 1 aromatic carbocycles. The first kappa shape index (κ1) is 20.7. The van der Waals surface area contributed by atoms with E-state index in [1.165, 1.54) is 7.05 Å². The minimum absolute atomic E-state index is 0.127. The Kier molecular flexibility index (Phi) is 7.64. The van der Waals surface area contributed by atoms with Gasteiger partial charge in [0.1, 0.15) is 12.6 Å². The van der Waals surface area contributed by atoms with Crippen molar-refractivity contribution in [1.82, 2.24) is 9.80 Å². The number of piperidine rings is 1. The number of rotatable bonds is 7. The van der Waals surface area contributed by atoms with Gasteiger partial charge in [-0.15, -0.1) is 0 Å². The van der Waals surface area contributed by atoms with Crippen molar-refractivity contribution in [3.8, 4) is 0 Å². The summed E-state index contributed by atoms with van der Waals surface area (Å²) < 4.78 is 0. The Morgan fingerprint density at radius 1 is 1.22 bits per heavy atom. The number of oxime groups is 1. The number of likely N-dealkylation sites (tertiary alicyclic amines) is 1. The number of carbonyl (C=O) groups is 2. The molecule has 0 bridgehead atoms. The minimum Gasteiger partial charge on any atom is -0.465 e. The highest BCUT2D eigenvalue weighted by atomic mass is 16.6. The molecule has 0 aromatic heterocycles. The van der Waals surface area contributed by atoms with Gasteiger partial charge in [0, 0.05) is 33.0 Å². The molecule has 1 N–H and O–H groups in total. The fourth-order valence-corrected chi connectivity index (χ4v) is 3.06. The fourth-order valence-electron chi connectivity index (χ4n) is 3.06. The Bertz CT molecular complexity index is 650. The van der Waals surface area contributed by atoms with Crippen molar-refractivity contribution < 1.29 is 19.5 Å². The third-order valence-corrected chi connectivity index (χ3v) is 4.67. The maximum absolute atomic E-state index is 12.8. The molecule has 1 aromatic rings. The van der Waals surface area contributed by atoms with Crippen molar-refractivity contribution in [1.29, 1.82) is 0 Å². The van der Waals surface area contributed by atoms with E-state index in [1.54, 1.807) is 4.90 Å². The lowest BCUT2D eigenvalue weighted by Crippen LogP contribution is -2.51. The summed E-state index contributed by atoms with van der Waals surface area (Å²) in [4.78, 5) is 32.4. The molecule has 7 heteroatoms. The molecule has 1 saturated heterocycles. The molecule has 7 nitrogen and oxygen atoms in total. The van der Waals surface area contributed by atoms with Crippen LogP contribution in [-0.4, -0.2) is 58.8 Å². The van der Waals surface area contributed by atoms with Gasteiger partial charge in [-0.3, -0.25) is 9.69 Å². The molecule has 1 atom stereocenters. The SMILES string of the molecule is CC(C)C[C@@H](C(=O)N1CCC(=NOCc2ccccc2)CC1)N(C)C(=O)O. The lowest BCUT2D eigenvalue weighted by Gasteiger charge is -2.34. The number of nitrogens with zero attached hydrogens (tertiary/aromatic N) is 3. The Morgan fingerprint density at radius 3 is 2.41 bits per heavy atom. The average molecular weight is 375 g/mol. The summed E-state index contributed by atoms with van der Waals surface area (Å²) in [6.07, 6.45) is 0.721. The van der Waals surface area contributed by atoms with E-state index in [0.717, 1.165) is 16.2 Å². The van der Waals surface area contributed by atoms with Crippen LogP contribution in [-0.2, 0) is 16.2 Å². The molecule has 1 aliphatic heterocycles. The summed E-state index contributed by atoms with van der Waals surface area (Å²) in [6, 6.07) is 9.19. The Labute approximate surface area is 160 Å². The van der Waals surface area contributed by atoms with Crippen molar-refractivity contribution in [2.24, 2.45) is 11.1 Å². The van der Waals surface area contributed by atoms with Gasteiger partial charge in [0.15, 0.2) is 0 Å². The molecule has 1 aliphatic rings. The monoisotopic (exact) mass is 375 g/mol. The molecule has 0 unspecified atom stereocenters. The maximum Gasteiger partial charge on any atom is 0.407 e. The number of hydrogen-bond acceptors (Lipinski definition) is 4. The van der Waals surface area contributed by atoms with Crippen LogP contribution in [0.4, 0.5) is 4.79 Å². The van der Waals surface area contributed by atoms with E-state index in [0.29, 0.717) is 39.0 Å². The van der Waals surface area contributed by atoms with Crippen LogP contribution < -0.4 is 0 Å². The van der Waals surface area contributed by atoms with Gasteiger partial charge in [-0.05, 0) is 17.9 Å². The van der Waals surface area contributed by atoms with Crippen molar-refractivity contribution in [3.05, 3.63) is 35.9 Å². The predicted molar refractivity (Wildman–Crippen MR) is 104 cm³/mol. The van der Waals surface area contributed by atoms with Crippen molar-refractivity contribution >= 4 is 17.7 Å². The predicted octanol–water partition coefficient (Wildman–Crippen LogP) is 3.21. The number of likely N-dealkylation sites (N-methyl/N-ethyl adjacent to an activating group) is 1. The van der Waals surface area contributed by atoms with Gasteiger partial charge >= 0.3 is 6.09 Å². The molecular formula is C20H29N3O4. The Morgan fingerprint density at radius 2 is 1.85 bits per heavy atom. The zero-order chi connectivity index (χ0) is 19.8. The quantitative estimate of drug-likeness (QED) is 0.742. The first-order valence-corrected chi connectivity index (χ1v) is 9.34. The molecule has 1 heterocycles. The first-order chi connectivity index (χ1) is 12.9. The van der Waals surface area contributed by atoms with Crippen LogP contribution in [0.5, 0.6) is 0 Å². The second-order valence-corrected chi connectivity index (χ2v) is 7.28. The third kappa shape index (κ3) is 6.27. The van der Waals surface area contributed by atoms with E-state index in [-0.39, 0.29) is 11.8 Å². The molecule has 0 radical (unpaired) electrons. The summed E-state index contributed by atoms with van der Waals surface area (Å²) >= 11 is 0. The molecule has 2 amide bonds. The van der Waals surface area contributed by atoms with E-state index in [4.69, 9.17) is 4.84 Å². The molecule has 27 heavy (non-hydrogen) atoms. The van der Waals surface area contributed by atoms with E-state index < -0.39 is 12.1 Å². The largest absolute Gasteiger partial charge is 0.465 e. The van der Waals surface area contributed by atoms with E-state index in [1.807, 2.05) is 44.2 Å². The topological polar surface area (TPSA) is 82.4 Å². The summed E-state index contributed by atoms with van der Waals surface area (Å²) in [6.45, 7) is 5.47. The highest BCUT2D eigenvalue weighted by Crippen LogP contribution is 2.17. The van der Waals surface area contributed by atoms with Crippen LogP contribution in [0.2, 0.25) is 0 Å². The average Bonchev–Trinajstić information content (AvgIpc) is 2.66. The molecular weight excluding hydrogens is 346 g/mol. The van der Waals surface area contributed by atoms with E-state index in [9.17, 15) is 14.7 Å². The van der Waals surface area contributed by atoms with E-state index >= 15 is 0 Å². The number of benzene rings is 1. The lowest BCUT2D eigenvalue weighted by atomic mass is 10.00. The second-order valence-electron chi connectivity index (χ2n) is 7.28. The zero-order valence-corrected chi connectivity index (χ0v) is 16.3. The zero-order valence-electron chi connectivity index (χ0n) is 16.3. The van der Waals surface area contributed by atoms with Crippen molar-refractivity contribution in [3.63, 3.8) is 0 Å². The van der Waals surface area contributed by atoms with Gasteiger partial charge in [0.25, 0.3) is 0 Å². The van der Waals surface area contributed by atoms with Crippen molar-refractivity contribution in [2.45, 2.75) is 45.8 Å². The van der Waals surface area contributed by atoms with Gasteiger partial charge in [0.05, 0.1) is 5.71 Å². The molecule has 0 spiro atoms. The van der Waals surface area contributed by atoms with Crippen molar-refractivity contribution in [2.75, 3.05) is 20.1 Å². The Hall–Kier alpha value is -2.57. The van der Waals surface area contributed by atoms with Gasteiger partial charge in [0.2, 0.25) is 5.91 Å². The summed E-state index contributed by atoms with van der Waals surface area (Å²) in [7, 11) is 1.46. The summed E-state index contributed by atoms with van der Waals surface area (Å²) in [5, 5.41) is 13.5. The highest BCUT2D eigenvalue weighted by molar-refractivity contribution is 5.89. The fraction of sp³-hybridized carbons (Fsp3) is 0.550. The number of hydrogen-bond donors (Lipinski definition) is 1. The molecule has 0 saturated carbocycles. The first-order valence-electron chi connectivity index (χ1n) is 9.34. The minimum atomic E-state index is -1.08. The van der Waals surface area contributed by atoms with Crippen LogP contribution in [0.25, 0.3) is 0 Å². The second kappa shape index (κ2) is 9.94. The number of carboxylic acid groups (broad SMARTS) is 1. The Balaban J connectivity index is 1.88. The summed E-state index contributed by atoms with van der Waals surface area (Å²) in [5.41, 5.74) is 1.99. The van der Waals surface area contributed by atoms with Crippen LogP contribution >= 0.6 is 0 Å². The standard InChI is InChI=1S/C20H29N3O4/c1-15(2)13-18(22(3)20(25)26)19(24)23-11-9-17(10-12-23)21-27-14-16-7-5-4-6-8-16/h4-8,15,18H,9-14H2,1-3H3,(H,25,26)/t18-/m0/s1. The molecule has 148 valence electrons. The molecule has 0 aliphatic carbocycles. The van der Waals surface area contributed by atoms with Gasteiger partial charge in [-0.25, -0.2) is 4.79 Å². The van der Waals surface area contributed by atoms with E-state index in [2.05, 4.69) is 5.16 Å². The number of carbonyl (C=O) groups excluding carboxylic acids is 1. The van der Waals surface area contributed by atoms with Crippen LogP contribution in [0.1, 0.15) is 38.7 Å². The van der Waals surface area contributed by atoms with Gasteiger partial charge in [-0.1, -0.05) is 49.3 Å². The maximum atomic E-state index is 12.8. The van der Waals surface area contributed by atoms with Crippen LogP contribution in [0.15, 0.2) is 35.5 Å². The van der Waals surface area contributed by atoms with Gasteiger partial charge < -0.3 is 14.8 Å².